The zero-order valence-electron chi connectivity index (χ0n) is 25.1. The lowest BCUT2D eigenvalue weighted by Crippen LogP contribution is -2.29. The van der Waals surface area contributed by atoms with Crippen molar-refractivity contribution < 1.29 is 38.0 Å². The third-order valence-electron chi connectivity index (χ3n) is 7.18. The zero-order chi connectivity index (χ0) is 29.8. The normalized spacial score (nSPS) is 12.9. The molecule has 1 aliphatic rings. The third kappa shape index (κ3) is 11.4. The van der Waals surface area contributed by atoms with Gasteiger partial charge >= 0.3 is 12.1 Å². The van der Waals surface area contributed by atoms with Crippen LogP contribution in [0.1, 0.15) is 56.6 Å². The van der Waals surface area contributed by atoms with Gasteiger partial charge in [-0.3, -0.25) is 4.79 Å². The van der Waals surface area contributed by atoms with E-state index in [9.17, 15) is 9.59 Å². The molecule has 0 saturated carbocycles. The van der Waals surface area contributed by atoms with Crippen LogP contribution in [0.4, 0.5) is 4.79 Å². The smallest absolute Gasteiger partial charge is 0.407 e. The highest BCUT2D eigenvalue weighted by atomic mass is 16.6. The molecule has 232 valence electrons. The fourth-order valence-electron chi connectivity index (χ4n) is 4.89. The van der Waals surface area contributed by atoms with E-state index in [1.165, 1.54) is 22.3 Å². The number of esters is 1. The number of fused-ring (bicyclic) bond motifs is 3. The van der Waals surface area contributed by atoms with Crippen LogP contribution >= 0.6 is 0 Å². The van der Waals surface area contributed by atoms with E-state index in [-0.39, 0.29) is 31.0 Å². The number of rotatable bonds is 22. The average Bonchev–Trinajstić information content (AvgIpc) is 3.33. The Bertz CT molecular complexity index is 1020. The van der Waals surface area contributed by atoms with Gasteiger partial charge in [0.2, 0.25) is 0 Å². The maximum atomic E-state index is 12.2. The van der Waals surface area contributed by atoms with Crippen molar-refractivity contribution in [2.24, 2.45) is 5.92 Å². The van der Waals surface area contributed by atoms with Crippen molar-refractivity contribution in [3.05, 3.63) is 59.7 Å². The summed E-state index contributed by atoms with van der Waals surface area (Å²) in [5.41, 5.74) is 4.78. The number of unbranched alkanes of at least 4 members (excludes halogenated alkanes) is 1. The van der Waals surface area contributed by atoms with Crippen LogP contribution in [0, 0.1) is 5.92 Å². The van der Waals surface area contributed by atoms with Crippen molar-refractivity contribution in [3.8, 4) is 11.1 Å². The minimum atomic E-state index is -0.452. The first-order chi connectivity index (χ1) is 20.7. The molecule has 1 atom stereocenters. The van der Waals surface area contributed by atoms with Crippen molar-refractivity contribution in [1.82, 2.24) is 5.32 Å². The minimum Gasteiger partial charge on any atom is -0.463 e. The van der Waals surface area contributed by atoms with Crippen molar-refractivity contribution in [2.75, 3.05) is 72.6 Å². The van der Waals surface area contributed by atoms with E-state index in [0.717, 1.165) is 25.7 Å². The molecule has 0 aromatic heterocycles. The molecular weight excluding hydrogens is 538 g/mol. The number of ether oxygens (including phenoxy) is 6. The molecule has 9 nitrogen and oxygen atoms in total. The Kier molecular flexibility index (Phi) is 16.0. The molecule has 0 saturated heterocycles. The molecule has 0 bridgehead atoms. The van der Waals surface area contributed by atoms with Crippen LogP contribution in [0.5, 0.6) is 0 Å². The quantitative estimate of drug-likeness (QED) is 0.146. The molecule has 2 aromatic carbocycles. The number of nitrogens with one attached hydrogen (secondary N) is 1. The van der Waals surface area contributed by atoms with Crippen molar-refractivity contribution in [2.45, 2.75) is 45.4 Å². The maximum Gasteiger partial charge on any atom is 0.407 e. The topological polar surface area (TPSA) is 102 Å². The van der Waals surface area contributed by atoms with Gasteiger partial charge in [0.15, 0.2) is 0 Å². The monoisotopic (exact) mass is 585 g/mol. The molecule has 0 heterocycles. The van der Waals surface area contributed by atoms with Crippen molar-refractivity contribution >= 4 is 12.1 Å². The number of hydrogen-bond donors (Lipinski definition) is 1. The summed E-state index contributed by atoms with van der Waals surface area (Å²) in [5.74, 6) is -0.0957. The average molecular weight is 586 g/mol. The van der Waals surface area contributed by atoms with Gasteiger partial charge in [-0.25, -0.2) is 4.79 Å². The fraction of sp³-hybridized carbons (Fsp3) is 0.576. The summed E-state index contributed by atoms with van der Waals surface area (Å²) >= 11 is 0. The fourth-order valence-corrected chi connectivity index (χ4v) is 4.89. The molecule has 0 fully saturated rings. The molecule has 9 heteroatoms. The molecule has 3 rings (SSSR count). The Morgan fingerprint density at radius 2 is 1.24 bits per heavy atom. The van der Waals surface area contributed by atoms with Crippen LogP contribution in [-0.4, -0.2) is 84.7 Å². The summed E-state index contributed by atoms with van der Waals surface area (Å²) in [5, 5.41) is 2.73. The van der Waals surface area contributed by atoms with E-state index in [4.69, 9.17) is 28.4 Å². The molecule has 0 spiro atoms. The predicted molar refractivity (Wildman–Crippen MR) is 161 cm³/mol. The van der Waals surface area contributed by atoms with Gasteiger partial charge in [0, 0.05) is 12.5 Å². The number of carbonyl (C=O) groups excluding carboxylic acids is 2. The molecule has 0 aliphatic heterocycles. The number of benzene rings is 2. The summed E-state index contributed by atoms with van der Waals surface area (Å²) in [6, 6.07) is 16.5. The second-order valence-electron chi connectivity index (χ2n) is 10.1. The van der Waals surface area contributed by atoms with Crippen LogP contribution in [0.3, 0.4) is 0 Å². The van der Waals surface area contributed by atoms with Crippen molar-refractivity contribution in [3.63, 3.8) is 0 Å². The lowest BCUT2D eigenvalue weighted by atomic mass is 9.98. The molecule has 2 aromatic rings. The van der Waals surface area contributed by atoms with E-state index >= 15 is 0 Å². The number of alkyl carbamates (subject to hydrolysis) is 1. The first-order valence-electron chi connectivity index (χ1n) is 15.2. The van der Waals surface area contributed by atoms with E-state index in [2.05, 4.69) is 36.5 Å². The number of amides is 1. The Morgan fingerprint density at radius 1 is 0.714 bits per heavy atom. The summed E-state index contributed by atoms with van der Waals surface area (Å²) in [4.78, 5) is 24.2. The Balaban J connectivity index is 1.09. The number of carbonyl (C=O) groups is 2. The predicted octanol–water partition coefficient (Wildman–Crippen LogP) is 5.35. The highest BCUT2D eigenvalue weighted by Gasteiger charge is 2.28. The van der Waals surface area contributed by atoms with E-state index < -0.39 is 6.09 Å². The molecule has 1 N–H and O–H groups in total. The van der Waals surface area contributed by atoms with Gasteiger partial charge in [-0.15, -0.1) is 0 Å². The molecule has 1 unspecified atom stereocenters. The van der Waals surface area contributed by atoms with Gasteiger partial charge in [-0.05, 0) is 35.1 Å². The van der Waals surface area contributed by atoms with E-state index in [1.54, 1.807) is 0 Å². The minimum absolute atomic E-state index is 0.00964. The summed E-state index contributed by atoms with van der Waals surface area (Å²) in [7, 11) is 0. The molecule has 42 heavy (non-hydrogen) atoms. The molecule has 1 aliphatic carbocycles. The lowest BCUT2D eigenvalue weighted by molar-refractivity contribution is -0.150. The van der Waals surface area contributed by atoms with Crippen LogP contribution in [0.25, 0.3) is 11.1 Å². The Hall–Kier alpha value is -2.98. The van der Waals surface area contributed by atoms with Crippen LogP contribution in [0.15, 0.2) is 48.5 Å². The largest absolute Gasteiger partial charge is 0.463 e. The molecule has 0 radical (unpaired) electrons. The standard InChI is InChI=1S/C33H47NO8/c1-3-5-10-26(4-2)32(35)41-24-23-40-22-21-39-20-19-38-18-17-37-16-15-34-33(36)42-25-31-29-13-8-6-11-27(29)28-12-7-9-14-30(28)31/h6-9,11-14,26,31H,3-5,10,15-25H2,1-2H3,(H,34,36). The van der Waals surface area contributed by atoms with Crippen LogP contribution in [0.2, 0.25) is 0 Å². The van der Waals surface area contributed by atoms with Gasteiger partial charge < -0.3 is 33.7 Å². The zero-order valence-corrected chi connectivity index (χ0v) is 25.1. The van der Waals surface area contributed by atoms with Crippen LogP contribution < -0.4 is 5.32 Å². The Morgan fingerprint density at radius 3 is 1.79 bits per heavy atom. The SMILES string of the molecule is CCCCC(CC)C(=O)OCCOCCOCCOCCOCCNC(=O)OCC1c2ccccc2-c2ccccc21. The van der Waals surface area contributed by atoms with Gasteiger partial charge in [-0.1, -0.05) is 75.2 Å². The molecular formula is C33H47NO8. The first-order valence-corrected chi connectivity index (χ1v) is 15.2. The first kappa shape index (κ1) is 33.5. The Labute approximate surface area is 250 Å². The second-order valence-corrected chi connectivity index (χ2v) is 10.1. The van der Waals surface area contributed by atoms with Gasteiger partial charge in [0.25, 0.3) is 0 Å². The van der Waals surface area contributed by atoms with Gasteiger partial charge in [0.1, 0.15) is 13.2 Å². The summed E-state index contributed by atoms with van der Waals surface area (Å²) in [6.07, 6.45) is 3.36. The molecule has 1 amide bonds. The van der Waals surface area contributed by atoms with Crippen molar-refractivity contribution in [1.29, 1.82) is 0 Å². The maximum absolute atomic E-state index is 12.2. The summed E-state index contributed by atoms with van der Waals surface area (Å²) in [6.45, 7) is 8.44. The summed E-state index contributed by atoms with van der Waals surface area (Å²) < 4.78 is 32.7. The third-order valence-corrected chi connectivity index (χ3v) is 7.18. The van der Waals surface area contributed by atoms with E-state index in [1.807, 2.05) is 31.2 Å². The van der Waals surface area contributed by atoms with E-state index in [0.29, 0.717) is 59.4 Å². The highest BCUT2D eigenvalue weighted by Crippen LogP contribution is 2.44. The second kappa shape index (κ2) is 20.0. The number of hydrogen-bond acceptors (Lipinski definition) is 8. The van der Waals surface area contributed by atoms with Gasteiger partial charge in [-0.2, -0.15) is 0 Å². The lowest BCUT2D eigenvalue weighted by Gasteiger charge is -2.14. The highest BCUT2D eigenvalue weighted by molar-refractivity contribution is 5.79. The van der Waals surface area contributed by atoms with Gasteiger partial charge in [0.05, 0.1) is 58.8 Å². The van der Waals surface area contributed by atoms with Crippen LogP contribution in [-0.2, 0) is 33.2 Å².